The van der Waals surface area contributed by atoms with Crippen molar-refractivity contribution in [1.29, 1.82) is 0 Å². The molecule has 0 fully saturated rings. The molecule has 0 radical (unpaired) electrons. The highest BCUT2D eigenvalue weighted by Crippen LogP contribution is 2.36. The third-order valence-electron chi connectivity index (χ3n) is 4.05. The molecule has 2 amide bonds. The minimum absolute atomic E-state index is 0.163. The molecule has 10 heteroatoms. The number of rotatable bonds is 3. The minimum atomic E-state index is -5.20. The summed E-state index contributed by atoms with van der Waals surface area (Å²) in [6, 6.07) is 9.98. The number of nitrogens with zero attached hydrogens (tertiary/aromatic N) is 1. The average Bonchev–Trinajstić information content (AvgIpc) is 2.93. The quantitative estimate of drug-likeness (QED) is 0.777. The number of carbonyl (C=O) groups excluding carboxylic acids is 2. The van der Waals surface area contributed by atoms with Crippen LogP contribution in [0.2, 0.25) is 10.0 Å². The summed E-state index contributed by atoms with van der Waals surface area (Å²) < 4.78 is 41.5. The van der Waals surface area contributed by atoms with Crippen molar-refractivity contribution in [3.63, 3.8) is 0 Å². The molecule has 146 valence electrons. The summed E-state index contributed by atoms with van der Waals surface area (Å²) in [7, 11) is 0. The van der Waals surface area contributed by atoms with Crippen LogP contribution in [0, 0.1) is 6.92 Å². The van der Waals surface area contributed by atoms with Crippen LogP contribution in [0.1, 0.15) is 21.5 Å². The Morgan fingerprint density at radius 2 is 1.79 bits per heavy atom. The van der Waals surface area contributed by atoms with E-state index in [9.17, 15) is 22.8 Å². The van der Waals surface area contributed by atoms with Gasteiger partial charge in [-0.05, 0) is 25.1 Å². The maximum atomic E-state index is 13.8. The van der Waals surface area contributed by atoms with Crippen molar-refractivity contribution in [2.24, 2.45) is 4.99 Å². The van der Waals surface area contributed by atoms with Gasteiger partial charge >= 0.3 is 11.8 Å². The zero-order chi connectivity index (χ0) is 20.7. The number of alkyl halides is 3. The van der Waals surface area contributed by atoms with Gasteiger partial charge in [-0.3, -0.25) is 9.59 Å². The van der Waals surface area contributed by atoms with Crippen molar-refractivity contribution in [3.05, 3.63) is 69.2 Å². The van der Waals surface area contributed by atoms with Gasteiger partial charge in [0, 0.05) is 10.6 Å². The zero-order valence-corrected chi connectivity index (χ0v) is 15.7. The van der Waals surface area contributed by atoms with Crippen LogP contribution in [-0.2, 0) is 4.79 Å². The molecule has 5 nitrogen and oxygen atoms in total. The van der Waals surface area contributed by atoms with Crippen LogP contribution in [0.5, 0.6) is 0 Å². The van der Waals surface area contributed by atoms with Gasteiger partial charge < -0.3 is 10.6 Å². The number of aliphatic imine (C=N–C) groups is 1. The van der Waals surface area contributed by atoms with Crippen molar-refractivity contribution >= 4 is 40.9 Å². The van der Waals surface area contributed by atoms with Gasteiger partial charge in [-0.2, -0.15) is 13.2 Å². The first-order chi connectivity index (χ1) is 13.0. The Morgan fingerprint density at radius 1 is 1.14 bits per heavy atom. The number of benzene rings is 2. The summed E-state index contributed by atoms with van der Waals surface area (Å²) in [6.45, 7) is 1.80. The molecular formula is C18H12Cl2F3N3O2. The van der Waals surface area contributed by atoms with E-state index >= 15 is 0 Å². The van der Waals surface area contributed by atoms with Crippen LogP contribution in [0.3, 0.4) is 0 Å². The summed E-state index contributed by atoms with van der Waals surface area (Å²) in [6.07, 6.45) is -5.20. The van der Waals surface area contributed by atoms with Gasteiger partial charge in [0.05, 0.1) is 10.6 Å². The molecule has 2 N–H and O–H groups in total. The van der Waals surface area contributed by atoms with E-state index in [1.165, 1.54) is 24.3 Å². The fourth-order valence-electron chi connectivity index (χ4n) is 2.55. The first kappa shape index (κ1) is 20.2. The first-order valence-corrected chi connectivity index (χ1v) is 8.62. The monoisotopic (exact) mass is 429 g/mol. The lowest BCUT2D eigenvalue weighted by Gasteiger charge is -2.27. The molecule has 1 aliphatic rings. The Kier molecular flexibility index (Phi) is 5.12. The molecule has 0 saturated heterocycles. The molecular weight excluding hydrogens is 418 g/mol. The number of carbonyl (C=O) groups is 2. The van der Waals surface area contributed by atoms with E-state index < -0.39 is 23.7 Å². The number of hydrogen-bond donors (Lipinski definition) is 2. The number of amides is 2. The topological polar surface area (TPSA) is 70.6 Å². The van der Waals surface area contributed by atoms with E-state index in [1.807, 2.05) is 0 Å². The number of amidine groups is 1. The fraction of sp³-hybridized carbons (Fsp3) is 0.167. The first-order valence-electron chi connectivity index (χ1n) is 7.86. The SMILES string of the molecule is Cc1ccc(C2=NC(NC(=O)c3ccc(Cl)cc3Cl)(C(F)(F)F)C(=O)N2)cc1. The normalized spacial score (nSPS) is 19.2. The van der Waals surface area contributed by atoms with Gasteiger partial charge in [-0.15, -0.1) is 0 Å². The van der Waals surface area contributed by atoms with E-state index in [1.54, 1.807) is 24.4 Å². The summed E-state index contributed by atoms with van der Waals surface area (Å²) in [4.78, 5) is 28.2. The Hall–Kier alpha value is -2.58. The van der Waals surface area contributed by atoms with Crippen LogP contribution >= 0.6 is 23.2 Å². The molecule has 1 unspecified atom stereocenters. The van der Waals surface area contributed by atoms with Crippen molar-refractivity contribution in [2.45, 2.75) is 18.8 Å². The Bertz CT molecular complexity index is 991. The molecule has 2 aromatic carbocycles. The van der Waals surface area contributed by atoms with E-state index in [0.29, 0.717) is 0 Å². The van der Waals surface area contributed by atoms with Crippen LogP contribution in [-0.4, -0.2) is 29.5 Å². The van der Waals surface area contributed by atoms with Crippen LogP contribution in [0.25, 0.3) is 0 Å². The van der Waals surface area contributed by atoms with Gasteiger partial charge in [-0.25, -0.2) is 4.99 Å². The van der Waals surface area contributed by atoms with Gasteiger partial charge in [0.1, 0.15) is 5.84 Å². The second-order valence-corrected chi connectivity index (χ2v) is 6.91. The number of hydrogen-bond acceptors (Lipinski definition) is 3. The molecule has 0 spiro atoms. The van der Waals surface area contributed by atoms with Crippen molar-refractivity contribution < 1.29 is 22.8 Å². The molecule has 0 aromatic heterocycles. The second kappa shape index (κ2) is 7.10. The Morgan fingerprint density at radius 3 is 2.36 bits per heavy atom. The largest absolute Gasteiger partial charge is 0.442 e. The number of aryl methyl sites for hydroxylation is 1. The summed E-state index contributed by atoms with van der Waals surface area (Å²) in [5.74, 6) is -3.04. The van der Waals surface area contributed by atoms with Gasteiger partial charge in [0.15, 0.2) is 0 Å². The molecule has 0 saturated carbocycles. The van der Waals surface area contributed by atoms with Gasteiger partial charge in [0.2, 0.25) is 0 Å². The lowest BCUT2D eigenvalue weighted by Crippen LogP contribution is -2.63. The minimum Gasteiger partial charge on any atom is -0.312 e. The average molecular weight is 430 g/mol. The zero-order valence-electron chi connectivity index (χ0n) is 14.2. The highest BCUT2D eigenvalue weighted by Gasteiger charge is 2.65. The lowest BCUT2D eigenvalue weighted by atomic mass is 10.1. The summed E-state index contributed by atoms with van der Waals surface area (Å²) in [5.41, 5.74) is -2.61. The van der Waals surface area contributed by atoms with E-state index in [-0.39, 0.29) is 27.0 Å². The smallest absolute Gasteiger partial charge is 0.312 e. The summed E-state index contributed by atoms with van der Waals surface area (Å²) in [5, 5.41) is 3.80. The lowest BCUT2D eigenvalue weighted by molar-refractivity contribution is -0.192. The van der Waals surface area contributed by atoms with E-state index in [4.69, 9.17) is 23.2 Å². The predicted octanol–water partition coefficient (Wildman–Crippen LogP) is 3.87. The van der Waals surface area contributed by atoms with Crippen LogP contribution in [0.15, 0.2) is 47.5 Å². The van der Waals surface area contributed by atoms with Gasteiger partial charge in [-0.1, -0.05) is 53.0 Å². The molecule has 0 bridgehead atoms. The highest BCUT2D eigenvalue weighted by molar-refractivity contribution is 6.36. The van der Waals surface area contributed by atoms with E-state index in [0.717, 1.165) is 11.6 Å². The van der Waals surface area contributed by atoms with Crippen molar-refractivity contribution in [1.82, 2.24) is 10.6 Å². The molecule has 2 aromatic rings. The predicted molar refractivity (Wildman–Crippen MR) is 98.6 cm³/mol. The molecule has 1 atom stereocenters. The van der Waals surface area contributed by atoms with Crippen molar-refractivity contribution in [2.75, 3.05) is 0 Å². The Balaban J connectivity index is 2.02. The molecule has 28 heavy (non-hydrogen) atoms. The number of halogens is 5. The fourth-order valence-corrected chi connectivity index (χ4v) is 3.04. The molecule has 1 aliphatic heterocycles. The third-order valence-corrected chi connectivity index (χ3v) is 4.59. The molecule has 0 aliphatic carbocycles. The van der Waals surface area contributed by atoms with E-state index in [2.05, 4.69) is 10.3 Å². The van der Waals surface area contributed by atoms with Crippen LogP contribution in [0.4, 0.5) is 13.2 Å². The Labute approximate surface area is 167 Å². The highest BCUT2D eigenvalue weighted by atomic mass is 35.5. The molecule has 3 rings (SSSR count). The van der Waals surface area contributed by atoms with Crippen LogP contribution < -0.4 is 10.6 Å². The van der Waals surface area contributed by atoms with Crippen molar-refractivity contribution in [3.8, 4) is 0 Å². The maximum absolute atomic E-state index is 13.8. The number of nitrogens with one attached hydrogen (secondary N) is 2. The maximum Gasteiger partial charge on any atom is 0.442 e. The standard InChI is InChI=1S/C18H12Cl2F3N3O2/c1-9-2-4-10(5-3-9)14-24-16(28)17(25-14,18(21,22)23)26-15(27)12-7-6-11(19)8-13(12)20/h2-8H,1H3,(H,26,27)(H,24,25,28). The summed E-state index contributed by atoms with van der Waals surface area (Å²) >= 11 is 11.6. The third kappa shape index (κ3) is 3.57. The molecule has 1 heterocycles. The second-order valence-electron chi connectivity index (χ2n) is 6.07. The van der Waals surface area contributed by atoms with Gasteiger partial charge in [0.25, 0.3) is 11.8 Å².